The van der Waals surface area contributed by atoms with E-state index < -0.39 is 16.5 Å². The number of pyridine rings is 1. The minimum Gasteiger partial charge on any atom is -0.462 e. The second kappa shape index (κ2) is 4.99. The third-order valence-electron chi connectivity index (χ3n) is 3.35. The van der Waals surface area contributed by atoms with E-state index in [-0.39, 0.29) is 28.9 Å². The number of non-ortho nitro benzene ring substituents is 1. The predicted octanol–water partition coefficient (Wildman–Crippen LogP) is 2.09. The molecule has 0 aliphatic heterocycles. The van der Waals surface area contributed by atoms with Crippen molar-refractivity contribution in [2.75, 3.05) is 6.61 Å². The van der Waals surface area contributed by atoms with Crippen LogP contribution in [0.3, 0.4) is 0 Å². The third kappa shape index (κ3) is 1.93. The van der Waals surface area contributed by atoms with Crippen LogP contribution in [0, 0.1) is 10.1 Å². The zero-order valence-corrected chi connectivity index (χ0v) is 11.5. The van der Waals surface area contributed by atoms with Crippen LogP contribution in [-0.4, -0.2) is 27.5 Å². The number of nitro groups is 1. The number of benzene rings is 1. The van der Waals surface area contributed by atoms with E-state index in [0.29, 0.717) is 10.8 Å². The molecule has 0 saturated carbocycles. The number of carbonyl (C=O) groups excluding carboxylic acids is 1. The maximum absolute atomic E-state index is 12.1. The van der Waals surface area contributed by atoms with Crippen molar-refractivity contribution in [1.82, 2.24) is 9.97 Å². The molecule has 0 spiro atoms. The number of esters is 1. The van der Waals surface area contributed by atoms with Gasteiger partial charge >= 0.3 is 5.97 Å². The van der Waals surface area contributed by atoms with Crippen molar-refractivity contribution in [3.05, 3.63) is 50.4 Å². The number of ether oxygens (including phenoxy) is 1. The van der Waals surface area contributed by atoms with Gasteiger partial charge in [0.05, 0.1) is 17.1 Å². The Bertz CT molecular complexity index is 970. The molecule has 0 radical (unpaired) electrons. The van der Waals surface area contributed by atoms with Gasteiger partial charge in [-0.2, -0.15) is 0 Å². The maximum atomic E-state index is 12.1. The van der Waals surface area contributed by atoms with Gasteiger partial charge in [0.1, 0.15) is 11.0 Å². The van der Waals surface area contributed by atoms with E-state index in [9.17, 15) is 19.7 Å². The molecule has 0 amide bonds. The zero-order valence-electron chi connectivity index (χ0n) is 11.5. The van der Waals surface area contributed by atoms with Crippen LogP contribution in [0.1, 0.15) is 17.3 Å². The van der Waals surface area contributed by atoms with Crippen LogP contribution in [0.2, 0.25) is 0 Å². The Balaban J connectivity index is 2.46. The molecule has 3 rings (SSSR count). The number of nitrogens with one attached hydrogen (secondary N) is 2. The largest absolute Gasteiger partial charge is 0.462 e. The van der Waals surface area contributed by atoms with Gasteiger partial charge in [-0.05, 0) is 6.92 Å². The van der Waals surface area contributed by atoms with Gasteiger partial charge in [-0.15, -0.1) is 0 Å². The van der Waals surface area contributed by atoms with Crippen molar-refractivity contribution in [3.8, 4) is 0 Å². The number of rotatable bonds is 3. The number of H-pyrrole nitrogens is 2. The summed E-state index contributed by atoms with van der Waals surface area (Å²) in [5.74, 6) is -0.591. The van der Waals surface area contributed by atoms with Crippen molar-refractivity contribution in [2.24, 2.45) is 0 Å². The third-order valence-corrected chi connectivity index (χ3v) is 3.35. The molecule has 0 fully saturated rings. The summed E-state index contributed by atoms with van der Waals surface area (Å²) in [6, 6.07) is 4.40. The van der Waals surface area contributed by atoms with E-state index in [1.54, 1.807) is 13.0 Å². The molecule has 0 bridgehead atoms. The van der Waals surface area contributed by atoms with Crippen LogP contribution in [0.15, 0.2) is 29.2 Å². The predicted molar refractivity (Wildman–Crippen MR) is 79.0 cm³/mol. The molecule has 0 atom stereocenters. The first-order valence-electron chi connectivity index (χ1n) is 6.52. The Morgan fingerprint density at radius 3 is 2.82 bits per heavy atom. The lowest BCUT2D eigenvalue weighted by atomic mass is 10.1. The van der Waals surface area contributed by atoms with Crippen LogP contribution < -0.4 is 5.56 Å². The summed E-state index contributed by atoms with van der Waals surface area (Å²) in [5, 5.41) is 11.8. The summed E-state index contributed by atoms with van der Waals surface area (Å²) in [6.45, 7) is 1.86. The fourth-order valence-electron chi connectivity index (χ4n) is 2.46. The SMILES string of the molecule is CCOC(=O)c1c[nH]c2c(=O)[nH]c3c([N+](=O)[O-])cccc3c12. The quantitative estimate of drug-likeness (QED) is 0.436. The van der Waals surface area contributed by atoms with Gasteiger partial charge < -0.3 is 14.7 Å². The van der Waals surface area contributed by atoms with E-state index in [1.165, 1.54) is 18.3 Å². The normalized spacial score (nSPS) is 11.0. The monoisotopic (exact) mass is 301 g/mol. The summed E-state index contributed by atoms with van der Waals surface area (Å²) in [5.41, 5.74) is -0.334. The number of para-hydroxylation sites is 1. The van der Waals surface area contributed by atoms with Gasteiger partial charge in [-0.3, -0.25) is 14.9 Å². The lowest BCUT2D eigenvalue weighted by molar-refractivity contribution is -0.383. The molecule has 0 aliphatic carbocycles. The van der Waals surface area contributed by atoms with Crippen LogP contribution in [0.5, 0.6) is 0 Å². The van der Waals surface area contributed by atoms with Gasteiger partial charge in [-0.25, -0.2) is 4.79 Å². The minimum absolute atomic E-state index is 0.0788. The summed E-state index contributed by atoms with van der Waals surface area (Å²) in [7, 11) is 0. The van der Waals surface area contributed by atoms with Crippen molar-refractivity contribution >= 4 is 33.5 Å². The Morgan fingerprint density at radius 2 is 2.14 bits per heavy atom. The second-order valence-corrected chi connectivity index (χ2v) is 4.58. The molecular formula is C14H11N3O5. The Hall–Kier alpha value is -3.16. The van der Waals surface area contributed by atoms with Gasteiger partial charge in [0.15, 0.2) is 0 Å². The summed E-state index contributed by atoms with van der Waals surface area (Å²) in [4.78, 5) is 39.8. The van der Waals surface area contributed by atoms with Gasteiger partial charge in [0, 0.05) is 23.0 Å². The van der Waals surface area contributed by atoms with Crippen molar-refractivity contribution < 1.29 is 14.5 Å². The number of aromatic amines is 2. The molecule has 2 heterocycles. The van der Waals surface area contributed by atoms with E-state index in [4.69, 9.17) is 4.74 Å². The van der Waals surface area contributed by atoms with Crippen molar-refractivity contribution in [3.63, 3.8) is 0 Å². The molecule has 112 valence electrons. The number of carbonyl (C=O) groups is 1. The standard InChI is InChI=1S/C14H11N3O5/c1-2-22-14(19)8-6-15-12-10(8)7-4-3-5-9(17(20)21)11(7)16-13(12)18/h3-6,15H,2H2,1H3,(H,16,18). The van der Waals surface area contributed by atoms with Gasteiger partial charge in [0.25, 0.3) is 11.2 Å². The van der Waals surface area contributed by atoms with Crippen LogP contribution in [0.25, 0.3) is 21.8 Å². The Morgan fingerprint density at radius 1 is 1.36 bits per heavy atom. The maximum Gasteiger partial charge on any atom is 0.340 e. The first-order chi connectivity index (χ1) is 10.5. The van der Waals surface area contributed by atoms with Crippen molar-refractivity contribution in [2.45, 2.75) is 6.92 Å². The molecule has 2 aromatic heterocycles. The topological polar surface area (TPSA) is 118 Å². The summed E-state index contributed by atoms with van der Waals surface area (Å²) >= 11 is 0. The lowest BCUT2D eigenvalue weighted by Crippen LogP contribution is -2.09. The highest BCUT2D eigenvalue weighted by Crippen LogP contribution is 2.30. The Labute approximate surface area is 122 Å². The molecule has 1 aromatic carbocycles. The molecule has 0 saturated heterocycles. The average Bonchev–Trinajstić information content (AvgIpc) is 2.92. The summed E-state index contributed by atoms with van der Waals surface area (Å²) in [6.07, 6.45) is 1.37. The number of nitrogens with zero attached hydrogens (tertiary/aromatic N) is 1. The zero-order chi connectivity index (χ0) is 15.9. The highest BCUT2D eigenvalue weighted by Gasteiger charge is 2.21. The van der Waals surface area contributed by atoms with E-state index in [0.717, 1.165) is 0 Å². The lowest BCUT2D eigenvalue weighted by Gasteiger charge is -2.04. The molecule has 0 unspecified atom stereocenters. The molecule has 2 N–H and O–H groups in total. The molecule has 8 heteroatoms. The van der Waals surface area contributed by atoms with E-state index >= 15 is 0 Å². The van der Waals surface area contributed by atoms with Crippen molar-refractivity contribution in [1.29, 1.82) is 0 Å². The van der Waals surface area contributed by atoms with E-state index in [2.05, 4.69) is 9.97 Å². The highest BCUT2D eigenvalue weighted by atomic mass is 16.6. The van der Waals surface area contributed by atoms with Gasteiger partial charge in [0.2, 0.25) is 0 Å². The molecule has 3 aromatic rings. The average molecular weight is 301 g/mol. The number of hydrogen-bond acceptors (Lipinski definition) is 5. The molecule has 8 nitrogen and oxygen atoms in total. The van der Waals surface area contributed by atoms with Crippen LogP contribution >= 0.6 is 0 Å². The molecule has 22 heavy (non-hydrogen) atoms. The molecule has 0 aliphatic rings. The summed E-state index contributed by atoms with van der Waals surface area (Å²) < 4.78 is 4.96. The Kier molecular flexibility index (Phi) is 3.13. The van der Waals surface area contributed by atoms with E-state index in [1.807, 2.05) is 0 Å². The van der Waals surface area contributed by atoms with Crippen LogP contribution in [0.4, 0.5) is 5.69 Å². The smallest absolute Gasteiger partial charge is 0.340 e. The number of hydrogen-bond donors (Lipinski definition) is 2. The minimum atomic E-state index is -0.591. The fraction of sp³-hybridized carbons (Fsp3) is 0.143. The number of fused-ring (bicyclic) bond motifs is 3. The fourth-order valence-corrected chi connectivity index (χ4v) is 2.46. The molecular weight excluding hydrogens is 290 g/mol. The van der Waals surface area contributed by atoms with Gasteiger partial charge in [-0.1, -0.05) is 12.1 Å². The second-order valence-electron chi connectivity index (χ2n) is 4.58. The highest BCUT2D eigenvalue weighted by molar-refractivity contribution is 6.16. The first-order valence-corrected chi connectivity index (χ1v) is 6.52. The first kappa shape index (κ1) is 13.8. The number of nitro benzene ring substituents is 1. The number of aromatic nitrogens is 2. The van der Waals surface area contributed by atoms with Crippen LogP contribution in [-0.2, 0) is 4.74 Å².